The third kappa shape index (κ3) is 2.20. The molecule has 1 aliphatic rings. The molecule has 1 N–H and O–H groups in total. The van der Waals surface area contributed by atoms with Crippen LogP contribution in [0.3, 0.4) is 0 Å². The second kappa shape index (κ2) is 4.49. The van der Waals surface area contributed by atoms with E-state index in [2.05, 4.69) is 6.07 Å². The van der Waals surface area contributed by atoms with Crippen LogP contribution in [0, 0.1) is 12.3 Å². The van der Waals surface area contributed by atoms with Crippen LogP contribution in [0.15, 0.2) is 24.3 Å². The predicted molar refractivity (Wildman–Crippen MR) is 65.0 cm³/mol. The van der Waals surface area contributed by atoms with E-state index in [9.17, 15) is 9.90 Å². The molecule has 0 aromatic heterocycles. The van der Waals surface area contributed by atoms with Gasteiger partial charge in [0, 0.05) is 6.61 Å². The Labute approximate surface area is 101 Å². The fraction of sp³-hybridized carbons (Fsp3) is 0.500. The van der Waals surface area contributed by atoms with Gasteiger partial charge in [-0.05, 0) is 32.3 Å². The van der Waals surface area contributed by atoms with Crippen molar-refractivity contribution in [1.29, 1.82) is 0 Å². The number of carboxylic acid groups (broad SMARTS) is 1. The smallest absolute Gasteiger partial charge is 0.312 e. The van der Waals surface area contributed by atoms with Gasteiger partial charge in [-0.2, -0.15) is 0 Å². The van der Waals surface area contributed by atoms with Crippen LogP contribution in [0.5, 0.6) is 0 Å². The summed E-state index contributed by atoms with van der Waals surface area (Å²) in [6, 6.07) is 8.03. The molecule has 3 nitrogen and oxygen atoms in total. The molecule has 0 spiro atoms. The summed E-state index contributed by atoms with van der Waals surface area (Å²) in [5.41, 5.74) is 1.48. The lowest BCUT2D eigenvalue weighted by Gasteiger charge is -2.27. The van der Waals surface area contributed by atoms with Crippen LogP contribution >= 0.6 is 0 Å². The largest absolute Gasteiger partial charge is 0.481 e. The van der Waals surface area contributed by atoms with E-state index in [0.29, 0.717) is 19.4 Å². The minimum absolute atomic E-state index is 0.222. The fourth-order valence-corrected chi connectivity index (χ4v) is 2.56. The molecule has 1 saturated heterocycles. The molecule has 1 aromatic rings. The van der Waals surface area contributed by atoms with Crippen molar-refractivity contribution in [3.05, 3.63) is 35.4 Å². The van der Waals surface area contributed by atoms with E-state index in [1.54, 1.807) is 0 Å². The van der Waals surface area contributed by atoms with Gasteiger partial charge in [0.25, 0.3) is 0 Å². The zero-order valence-corrected chi connectivity index (χ0v) is 10.3. The number of carbonyl (C=O) groups is 1. The molecule has 0 saturated carbocycles. The van der Waals surface area contributed by atoms with Crippen molar-refractivity contribution in [1.82, 2.24) is 0 Å². The summed E-state index contributed by atoms with van der Waals surface area (Å²) in [5.74, 6) is -0.746. The SMILES string of the molecule is Cc1cccc(CC2(C(=O)O)CCOC2C)c1. The van der Waals surface area contributed by atoms with E-state index in [4.69, 9.17) is 4.74 Å². The van der Waals surface area contributed by atoms with Gasteiger partial charge >= 0.3 is 5.97 Å². The van der Waals surface area contributed by atoms with E-state index in [1.807, 2.05) is 32.0 Å². The maximum Gasteiger partial charge on any atom is 0.312 e. The lowest BCUT2D eigenvalue weighted by atomic mass is 9.76. The maximum atomic E-state index is 11.5. The van der Waals surface area contributed by atoms with Crippen LogP contribution in [0.2, 0.25) is 0 Å². The quantitative estimate of drug-likeness (QED) is 0.873. The molecule has 92 valence electrons. The molecule has 1 heterocycles. The molecule has 1 aromatic carbocycles. The molecule has 1 fully saturated rings. The molecule has 0 radical (unpaired) electrons. The van der Waals surface area contributed by atoms with Crippen LogP contribution in [0.1, 0.15) is 24.5 Å². The van der Waals surface area contributed by atoms with Gasteiger partial charge in [0.1, 0.15) is 0 Å². The number of aryl methyl sites for hydroxylation is 1. The van der Waals surface area contributed by atoms with Crippen molar-refractivity contribution < 1.29 is 14.6 Å². The highest BCUT2D eigenvalue weighted by Crippen LogP contribution is 2.38. The maximum absolute atomic E-state index is 11.5. The summed E-state index contributed by atoms with van der Waals surface area (Å²) in [6.07, 6.45) is 0.920. The van der Waals surface area contributed by atoms with Gasteiger partial charge in [0.05, 0.1) is 11.5 Å². The number of ether oxygens (including phenoxy) is 1. The molecule has 2 unspecified atom stereocenters. The van der Waals surface area contributed by atoms with Crippen LogP contribution < -0.4 is 0 Å². The van der Waals surface area contributed by atoms with Crippen LogP contribution in [-0.4, -0.2) is 23.8 Å². The highest BCUT2D eigenvalue weighted by atomic mass is 16.5. The summed E-state index contributed by atoms with van der Waals surface area (Å²) >= 11 is 0. The predicted octanol–water partition coefficient (Wildman–Crippen LogP) is 2.42. The average molecular weight is 234 g/mol. The average Bonchev–Trinajstić information content (AvgIpc) is 2.61. The Morgan fingerprint density at radius 3 is 2.88 bits per heavy atom. The first-order valence-electron chi connectivity index (χ1n) is 5.95. The third-order valence-electron chi connectivity index (χ3n) is 3.72. The zero-order chi connectivity index (χ0) is 12.5. The van der Waals surface area contributed by atoms with Gasteiger partial charge in [-0.15, -0.1) is 0 Å². The van der Waals surface area contributed by atoms with E-state index in [0.717, 1.165) is 11.1 Å². The van der Waals surface area contributed by atoms with Crippen molar-refractivity contribution >= 4 is 5.97 Å². The van der Waals surface area contributed by atoms with Crippen LogP contribution in [-0.2, 0) is 16.0 Å². The summed E-state index contributed by atoms with van der Waals surface area (Å²) in [6.45, 7) is 4.42. The standard InChI is InChI=1S/C14H18O3/c1-10-4-3-5-12(8-10)9-14(13(15)16)6-7-17-11(14)2/h3-5,8,11H,6-7,9H2,1-2H3,(H,15,16). The van der Waals surface area contributed by atoms with Crippen molar-refractivity contribution in [2.45, 2.75) is 32.8 Å². The molecular weight excluding hydrogens is 216 g/mol. The topological polar surface area (TPSA) is 46.5 Å². The summed E-state index contributed by atoms with van der Waals surface area (Å²) < 4.78 is 5.45. The van der Waals surface area contributed by atoms with E-state index in [-0.39, 0.29) is 6.10 Å². The lowest BCUT2D eigenvalue weighted by Crippen LogP contribution is -2.39. The van der Waals surface area contributed by atoms with Crippen molar-refractivity contribution in [2.24, 2.45) is 5.41 Å². The molecule has 3 heteroatoms. The summed E-state index contributed by atoms with van der Waals surface area (Å²) in [4.78, 5) is 11.5. The highest BCUT2D eigenvalue weighted by Gasteiger charge is 2.48. The number of carboxylic acids is 1. The van der Waals surface area contributed by atoms with Crippen LogP contribution in [0.25, 0.3) is 0 Å². The Morgan fingerprint density at radius 2 is 2.35 bits per heavy atom. The Morgan fingerprint density at radius 1 is 1.59 bits per heavy atom. The molecule has 0 amide bonds. The van der Waals surface area contributed by atoms with E-state index >= 15 is 0 Å². The first-order valence-corrected chi connectivity index (χ1v) is 5.95. The van der Waals surface area contributed by atoms with Crippen LogP contribution in [0.4, 0.5) is 0 Å². The minimum atomic E-state index is -0.756. The molecular formula is C14H18O3. The number of aliphatic carboxylic acids is 1. The number of hydrogen-bond acceptors (Lipinski definition) is 2. The molecule has 0 bridgehead atoms. The minimum Gasteiger partial charge on any atom is -0.481 e. The van der Waals surface area contributed by atoms with E-state index in [1.165, 1.54) is 0 Å². The molecule has 2 atom stereocenters. The van der Waals surface area contributed by atoms with Gasteiger partial charge in [0.2, 0.25) is 0 Å². The summed E-state index contributed by atoms with van der Waals surface area (Å²) in [5, 5.41) is 9.48. The number of benzene rings is 1. The zero-order valence-electron chi connectivity index (χ0n) is 10.3. The lowest BCUT2D eigenvalue weighted by molar-refractivity contribution is -0.151. The third-order valence-corrected chi connectivity index (χ3v) is 3.72. The van der Waals surface area contributed by atoms with Gasteiger partial charge in [-0.25, -0.2) is 0 Å². The first kappa shape index (κ1) is 12.1. The van der Waals surface area contributed by atoms with Gasteiger partial charge in [0.15, 0.2) is 0 Å². The molecule has 1 aliphatic heterocycles. The van der Waals surface area contributed by atoms with E-state index < -0.39 is 11.4 Å². The summed E-state index contributed by atoms with van der Waals surface area (Å²) in [7, 11) is 0. The Balaban J connectivity index is 2.28. The van der Waals surface area contributed by atoms with Gasteiger partial charge < -0.3 is 9.84 Å². The molecule has 2 rings (SSSR count). The number of hydrogen-bond donors (Lipinski definition) is 1. The molecule has 0 aliphatic carbocycles. The van der Waals surface area contributed by atoms with Crippen molar-refractivity contribution in [3.8, 4) is 0 Å². The van der Waals surface area contributed by atoms with Gasteiger partial charge in [-0.3, -0.25) is 4.79 Å². The fourth-order valence-electron chi connectivity index (χ4n) is 2.56. The molecule has 17 heavy (non-hydrogen) atoms. The second-order valence-electron chi connectivity index (χ2n) is 4.89. The Kier molecular flexibility index (Phi) is 3.20. The highest BCUT2D eigenvalue weighted by molar-refractivity contribution is 5.76. The van der Waals surface area contributed by atoms with Gasteiger partial charge in [-0.1, -0.05) is 29.8 Å². The first-order chi connectivity index (χ1) is 8.04. The Bertz CT molecular complexity index is 427. The number of rotatable bonds is 3. The Hall–Kier alpha value is -1.35. The van der Waals surface area contributed by atoms with Crippen molar-refractivity contribution in [2.75, 3.05) is 6.61 Å². The second-order valence-corrected chi connectivity index (χ2v) is 4.89. The normalized spacial score (nSPS) is 28.2. The van der Waals surface area contributed by atoms with Crippen molar-refractivity contribution in [3.63, 3.8) is 0 Å². The monoisotopic (exact) mass is 234 g/mol.